The summed E-state index contributed by atoms with van der Waals surface area (Å²) in [5.74, 6) is 3.18. The molecule has 2 aliphatic heterocycles. The standard InChI is InChI=1S/C76H124N2O12S2/c1-4-7-10-13-15-23-30-57-85-71(79)33-26-19-16-20-28-35-73(81)89-69-41-37-66(38-42-69)62-75(83)86-58-49-64-45-51-77(52-46-64)55-60-91-92-61-56-78-53-47-65(48-54-78)50-59-87-76(84)63-67-39-43-70(44-40-67)90-74(82)36-29-22-17-21-27-34-72(80)88-68(31-24-12-9-6-3)32-25-18-14-11-8-5-2/h37-44,64-65,68H,4-36,45-63H2,1-3H3. The second kappa shape index (κ2) is 54.1. The van der Waals surface area contributed by atoms with Gasteiger partial charge < -0.3 is 38.2 Å². The molecule has 522 valence electrons. The summed E-state index contributed by atoms with van der Waals surface area (Å²) in [5, 5.41) is 0. The average molecular weight is 1320 g/mol. The SMILES string of the molecule is CCCCCCCCCOC(=O)CCCCCCCC(=O)Oc1ccc(CC(=O)OCCC2CCN(CCSSCCN3CCC(CCOC(=O)Cc4ccc(OC(=O)CCCCCCCC(=O)OC(CCCCCC)CCCCCCCC)cc4)CC3)CC2)cc1. The molecule has 4 rings (SSSR count). The number of nitrogens with zero attached hydrogens (tertiary/aromatic N) is 2. The zero-order valence-electron chi connectivity index (χ0n) is 57.7. The van der Waals surface area contributed by atoms with Crippen LogP contribution in [0.1, 0.15) is 282 Å². The van der Waals surface area contributed by atoms with Gasteiger partial charge in [-0.25, -0.2) is 0 Å². The molecule has 0 radical (unpaired) electrons. The number of hydrogen-bond donors (Lipinski definition) is 0. The monoisotopic (exact) mass is 1320 g/mol. The zero-order chi connectivity index (χ0) is 65.7. The van der Waals surface area contributed by atoms with Crippen molar-refractivity contribution in [3.63, 3.8) is 0 Å². The number of rotatable bonds is 56. The van der Waals surface area contributed by atoms with Crippen LogP contribution in [0.25, 0.3) is 0 Å². The predicted molar refractivity (Wildman–Crippen MR) is 376 cm³/mol. The summed E-state index contributed by atoms with van der Waals surface area (Å²) < 4.78 is 33.7. The van der Waals surface area contributed by atoms with Gasteiger partial charge >= 0.3 is 35.8 Å². The van der Waals surface area contributed by atoms with E-state index in [4.69, 9.17) is 28.4 Å². The van der Waals surface area contributed by atoms with Gasteiger partial charge in [-0.1, -0.05) is 195 Å². The molecule has 0 N–H and O–H groups in total. The van der Waals surface area contributed by atoms with E-state index in [1.165, 1.54) is 83.5 Å². The van der Waals surface area contributed by atoms with Gasteiger partial charge in [0.2, 0.25) is 0 Å². The Balaban J connectivity index is 0.897. The second-order valence-corrected chi connectivity index (χ2v) is 28.9. The molecule has 92 heavy (non-hydrogen) atoms. The van der Waals surface area contributed by atoms with Gasteiger partial charge in [0.1, 0.15) is 17.6 Å². The van der Waals surface area contributed by atoms with Crippen molar-refractivity contribution in [2.75, 3.05) is 70.6 Å². The molecule has 0 amide bonds. The van der Waals surface area contributed by atoms with E-state index >= 15 is 0 Å². The smallest absolute Gasteiger partial charge is 0.311 e. The topological polar surface area (TPSA) is 164 Å². The Morgan fingerprint density at radius 2 is 0.728 bits per heavy atom. The highest BCUT2D eigenvalue weighted by Gasteiger charge is 2.22. The minimum Gasteiger partial charge on any atom is -0.466 e. The minimum atomic E-state index is -0.263. The number of carbonyl (C=O) groups excluding carboxylic acids is 6. The van der Waals surface area contributed by atoms with Crippen LogP contribution in [0, 0.1) is 11.8 Å². The maximum absolute atomic E-state index is 12.7. The fourth-order valence-electron chi connectivity index (χ4n) is 12.2. The minimum absolute atomic E-state index is 0.0592. The van der Waals surface area contributed by atoms with E-state index in [-0.39, 0.29) is 54.8 Å². The molecule has 2 saturated heterocycles. The van der Waals surface area contributed by atoms with E-state index in [0.717, 1.165) is 203 Å². The van der Waals surface area contributed by atoms with E-state index in [2.05, 4.69) is 30.6 Å². The van der Waals surface area contributed by atoms with Crippen LogP contribution in [-0.2, 0) is 60.6 Å². The molecule has 14 nitrogen and oxygen atoms in total. The molecule has 1 unspecified atom stereocenters. The Hall–Kier alpha value is -4.12. The van der Waals surface area contributed by atoms with Gasteiger partial charge in [0, 0.05) is 50.3 Å². The maximum Gasteiger partial charge on any atom is 0.311 e. The highest BCUT2D eigenvalue weighted by molar-refractivity contribution is 8.76. The summed E-state index contributed by atoms with van der Waals surface area (Å²) in [6, 6.07) is 14.2. The first kappa shape index (κ1) is 80.3. The van der Waals surface area contributed by atoms with Gasteiger partial charge in [0.25, 0.3) is 0 Å². The first-order chi connectivity index (χ1) is 45.0. The van der Waals surface area contributed by atoms with Gasteiger partial charge in [0.05, 0.1) is 32.7 Å². The summed E-state index contributed by atoms with van der Waals surface area (Å²) in [7, 11) is 3.95. The maximum atomic E-state index is 12.7. The number of hydrogen-bond acceptors (Lipinski definition) is 16. The number of esters is 6. The van der Waals surface area contributed by atoms with Gasteiger partial charge in [0.15, 0.2) is 0 Å². The van der Waals surface area contributed by atoms with Crippen molar-refractivity contribution in [2.45, 2.75) is 290 Å². The first-order valence-corrected chi connectivity index (χ1v) is 39.4. The van der Waals surface area contributed by atoms with Crippen LogP contribution < -0.4 is 9.47 Å². The fraction of sp³-hybridized carbons (Fsp3) is 0.763. The van der Waals surface area contributed by atoms with Crippen LogP contribution in [0.15, 0.2) is 48.5 Å². The highest BCUT2D eigenvalue weighted by Crippen LogP contribution is 2.27. The summed E-state index contributed by atoms with van der Waals surface area (Å²) in [5.41, 5.74) is 1.66. The van der Waals surface area contributed by atoms with Gasteiger partial charge in [-0.3, -0.25) is 28.8 Å². The molecule has 16 heteroatoms. The largest absolute Gasteiger partial charge is 0.466 e. The fourth-order valence-corrected chi connectivity index (χ4v) is 14.2. The molecule has 2 heterocycles. The van der Waals surface area contributed by atoms with Crippen molar-refractivity contribution >= 4 is 57.4 Å². The predicted octanol–water partition coefficient (Wildman–Crippen LogP) is 18.3. The third-order valence-corrected chi connectivity index (χ3v) is 20.5. The molecule has 0 saturated carbocycles. The Labute approximate surface area is 565 Å². The summed E-state index contributed by atoms with van der Waals surface area (Å²) in [6.45, 7) is 14.7. The van der Waals surface area contributed by atoms with Crippen LogP contribution in [-0.4, -0.2) is 122 Å². The summed E-state index contributed by atoms with van der Waals surface area (Å²) in [4.78, 5) is 80.1. The number of benzene rings is 2. The quantitative estimate of drug-likeness (QED) is 0.0202. The Morgan fingerprint density at radius 3 is 1.14 bits per heavy atom. The van der Waals surface area contributed by atoms with Crippen molar-refractivity contribution in [2.24, 2.45) is 11.8 Å². The molecule has 2 aromatic carbocycles. The number of ether oxygens (including phenoxy) is 6. The van der Waals surface area contributed by atoms with E-state index < -0.39 is 0 Å². The molecular formula is C76H124N2O12S2. The van der Waals surface area contributed by atoms with Crippen LogP contribution in [0.3, 0.4) is 0 Å². The van der Waals surface area contributed by atoms with E-state index in [1.807, 2.05) is 45.9 Å². The molecule has 0 spiro atoms. The number of likely N-dealkylation sites (tertiary alicyclic amines) is 2. The molecule has 0 aliphatic carbocycles. The van der Waals surface area contributed by atoms with Crippen molar-refractivity contribution in [1.82, 2.24) is 9.80 Å². The number of carbonyl (C=O) groups is 6. The molecular weight excluding hydrogens is 1200 g/mol. The lowest BCUT2D eigenvalue weighted by Crippen LogP contribution is -2.36. The first-order valence-electron chi connectivity index (χ1n) is 37.0. The Bertz CT molecular complexity index is 2220. The third kappa shape index (κ3) is 42.3. The second-order valence-electron chi connectivity index (χ2n) is 26.2. The van der Waals surface area contributed by atoms with E-state index in [9.17, 15) is 28.8 Å². The van der Waals surface area contributed by atoms with E-state index in [1.54, 1.807) is 24.3 Å². The third-order valence-electron chi connectivity index (χ3n) is 18.2. The zero-order valence-corrected chi connectivity index (χ0v) is 59.4. The van der Waals surface area contributed by atoms with Gasteiger partial charge in [-0.2, -0.15) is 0 Å². The van der Waals surface area contributed by atoms with Crippen molar-refractivity contribution < 1.29 is 57.2 Å². The Kier molecular flexibility index (Phi) is 47.2. The lowest BCUT2D eigenvalue weighted by molar-refractivity contribution is -0.150. The van der Waals surface area contributed by atoms with Gasteiger partial charge in [-0.15, -0.1) is 0 Å². The van der Waals surface area contributed by atoms with Crippen molar-refractivity contribution in [3.05, 3.63) is 59.7 Å². The molecule has 2 aliphatic rings. The van der Waals surface area contributed by atoms with Crippen molar-refractivity contribution in [3.8, 4) is 11.5 Å². The van der Waals surface area contributed by atoms with Crippen LogP contribution in [0.4, 0.5) is 0 Å². The number of piperidine rings is 2. The Morgan fingerprint density at radius 1 is 0.391 bits per heavy atom. The summed E-state index contributed by atoms with van der Waals surface area (Å²) in [6.07, 6.45) is 39.8. The molecule has 2 aromatic rings. The lowest BCUT2D eigenvalue weighted by Gasteiger charge is -2.32. The van der Waals surface area contributed by atoms with Gasteiger partial charge in [-0.05, 0) is 170 Å². The number of unbranched alkanes of at least 4 members (excludes halogenated alkanes) is 22. The van der Waals surface area contributed by atoms with Crippen LogP contribution in [0.2, 0.25) is 0 Å². The molecule has 1 atom stereocenters. The molecule has 0 bridgehead atoms. The molecule has 2 fully saturated rings. The highest BCUT2D eigenvalue weighted by atomic mass is 33.1. The summed E-state index contributed by atoms with van der Waals surface area (Å²) >= 11 is 0. The lowest BCUT2D eigenvalue weighted by atomic mass is 9.94. The van der Waals surface area contributed by atoms with Crippen molar-refractivity contribution in [1.29, 1.82) is 0 Å². The van der Waals surface area contributed by atoms with Crippen LogP contribution >= 0.6 is 21.6 Å². The van der Waals surface area contributed by atoms with E-state index in [0.29, 0.717) is 68.8 Å². The average Bonchev–Trinajstić information content (AvgIpc) is 3.26. The van der Waals surface area contributed by atoms with Crippen LogP contribution in [0.5, 0.6) is 11.5 Å². The molecule has 0 aromatic heterocycles. The normalized spacial score (nSPS) is 14.4.